The summed E-state index contributed by atoms with van der Waals surface area (Å²) < 4.78 is 7.47. The van der Waals surface area contributed by atoms with Gasteiger partial charge in [0.1, 0.15) is 48.8 Å². The molecular formula is C65H80BrCl6N11O12. The number of nitrogens with one attached hydrogen (secondary N) is 5. The first kappa shape index (κ1) is 81.2. The van der Waals surface area contributed by atoms with Crippen LogP contribution in [-0.4, -0.2) is 142 Å². The Bertz CT molecular complexity index is 3540. The summed E-state index contributed by atoms with van der Waals surface area (Å²) in [6.07, 6.45) is 4.71. The second-order valence-electron chi connectivity index (χ2n) is 24.0. The smallest absolute Gasteiger partial charge is 0.325 e. The number of hydrazine groups is 2. The van der Waals surface area contributed by atoms with E-state index in [4.69, 9.17) is 79.1 Å². The van der Waals surface area contributed by atoms with Crippen molar-refractivity contribution in [1.29, 1.82) is 10.5 Å². The molecule has 0 spiro atoms. The average molecular weight is 1500 g/mol. The van der Waals surface area contributed by atoms with E-state index in [1.165, 1.54) is 49.9 Å². The van der Waals surface area contributed by atoms with Crippen LogP contribution < -0.4 is 26.8 Å². The van der Waals surface area contributed by atoms with Gasteiger partial charge in [-0.05, 0) is 115 Å². The largest absolute Gasteiger partial charge is 0.460 e. The normalized spacial score (nSPS) is 18.2. The van der Waals surface area contributed by atoms with Gasteiger partial charge in [0, 0.05) is 40.7 Å². The van der Waals surface area contributed by atoms with Gasteiger partial charge in [0.2, 0.25) is 25.3 Å². The fraction of sp³-hybridized carbons (Fsp3) is 0.508. The van der Waals surface area contributed by atoms with Crippen LogP contribution in [0.1, 0.15) is 131 Å². The van der Waals surface area contributed by atoms with Gasteiger partial charge in [0.05, 0.1) is 46.8 Å². The maximum atomic E-state index is 13.4. The summed E-state index contributed by atoms with van der Waals surface area (Å²) in [5.41, 5.74) is 6.00. The summed E-state index contributed by atoms with van der Waals surface area (Å²) in [7, 11) is 0. The summed E-state index contributed by atoms with van der Waals surface area (Å²) >= 11 is 37.1. The summed E-state index contributed by atoms with van der Waals surface area (Å²) in [4.78, 5) is 112. The molecule has 2 aliphatic rings. The number of carbonyl (C=O) groups is 8. The number of benzene rings is 2. The average Bonchev–Trinajstić information content (AvgIpc) is 0.867. The van der Waals surface area contributed by atoms with Gasteiger partial charge >= 0.3 is 11.9 Å². The highest BCUT2D eigenvalue weighted by Crippen LogP contribution is 2.30. The van der Waals surface area contributed by atoms with Gasteiger partial charge in [-0.25, -0.2) is 10.9 Å². The zero-order valence-electron chi connectivity index (χ0n) is 54.2. The van der Waals surface area contributed by atoms with Crippen LogP contribution >= 0.6 is 85.5 Å². The molecule has 23 nitrogen and oxygen atoms in total. The minimum atomic E-state index is -1.78. The van der Waals surface area contributed by atoms with Crippen LogP contribution in [0.25, 0.3) is 27.9 Å². The monoisotopic (exact) mass is 1500 g/mol. The van der Waals surface area contributed by atoms with Crippen LogP contribution in [0.3, 0.4) is 0 Å². The zero-order valence-corrected chi connectivity index (χ0v) is 60.3. The Labute approximate surface area is 591 Å². The number of ether oxygens (including phenoxy) is 2. The van der Waals surface area contributed by atoms with E-state index in [0.29, 0.717) is 54.7 Å². The number of fused-ring (bicyclic) bond motifs is 2. The Morgan fingerprint density at radius 2 is 1.12 bits per heavy atom. The van der Waals surface area contributed by atoms with Crippen LogP contribution in [0.4, 0.5) is 0 Å². The number of carbonyl (C=O) groups excluding carboxylic acids is 8. The predicted octanol–water partition coefficient (Wildman–Crippen LogP) is 9.78. The third-order valence-corrected chi connectivity index (χ3v) is 16.4. The summed E-state index contributed by atoms with van der Waals surface area (Å²) in [5.74, 6) is -5.91. The number of rotatable bonds is 22. The molecule has 2 aromatic carbocycles. The molecule has 2 aliphatic heterocycles. The van der Waals surface area contributed by atoms with Crippen LogP contribution in [0.2, 0.25) is 0 Å². The summed E-state index contributed by atoms with van der Waals surface area (Å²) in [6.45, 7) is 19.5. The molecule has 30 heteroatoms. The molecular weight excluding hydrogens is 1420 g/mol. The highest BCUT2D eigenvalue weighted by atomic mass is 79.9. The standard InChI is InChI=1S/C32H39Cl3N6O6.C22H31Cl3N4O5.C11H10BrNO/c1-18(2)26(27(43)37-19(3)28(44)41-14-6-7-24(40-41)29(45)47-17-32(33,34)35)39-30(46)31(5,16-36)13-12-21-8-9-22-10-11-23(20(4)42)38-25(22)15-21;1-6-21(5,11-26)17(30)10-15(13(2)3)18(31)27-14(4)19(32)29-9-7-8-16(28-29)20(33)34-12-22(23,24)25;1-7(14)10-5-3-8-2-4-9(12)6-11(8)13-10/h8-13,15,18-20,24,26,40,42H,6-7,14,17H2,1-5H3,(H,37,43)(H,39,46);6,13-16,28H,1,7-10,12H2,2-5H3,(H,27,31);2-7,14H,1H3/b13-12+;;/t19-,20+,24-,26-,31?;14-,15-,16-,21?;7-/m001/s1. The van der Waals surface area contributed by atoms with Gasteiger partial charge in [-0.1, -0.05) is 162 Å². The van der Waals surface area contributed by atoms with Gasteiger partial charge in [-0.15, -0.1) is 6.58 Å². The number of halogens is 7. The number of nitrogens with zero attached hydrogens (tertiary/aromatic N) is 6. The van der Waals surface area contributed by atoms with E-state index in [2.05, 4.69) is 59.3 Å². The molecule has 2 saturated heterocycles. The predicted molar refractivity (Wildman–Crippen MR) is 367 cm³/mol. The zero-order chi connectivity index (χ0) is 71.5. The Kier molecular flexibility index (Phi) is 31.1. The minimum absolute atomic E-state index is 0.167. The summed E-state index contributed by atoms with van der Waals surface area (Å²) in [6, 6.07) is 18.0. The SMILES string of the molecule is C=CC(C)(C#N)C(=O)C[C@H](C(=O)N[C@@H](C)C(=O)N1CCC[C@@H](C(=O)OCC(Cl)(Cl)Cl)N1)C(C)C.CC(C)[C@H](NC(=O)C(C)(C#N)/C=C/c1ccc2ccc([C@@H](C)O)nc2c1)C(=O)N[C@@H](C)C(=O)N1CCC[C@@H](C(=O)OCC(Cl)(Cl)Cl)N1.C[C@@H](O)c1ccc2ccc(Br)cc2n1. The molecule has 0 radical (unpaired) electrons. The third kappa shape index (κ3) is 25.0. The van der Waals surface area contributed by atoms with Crippen molar-refractivity contribution in [1.82, 2.24) is 46.8 Å². The first-order valence-electron chi connectivity index (χ1n) is 30.3. The van der Waals surface area contributed by atoms with Crippen molar-refractivity contribution in [3.05, 3.63) is 101 Å². The Morgan fingerprint density at radius 1 is 0.674 bits per heavy atom. The first-order valence-corrected chi connectivity index (χ1v) is 33.4. The molecule has 4 heterocycles. The second kappa shape index (κ2) is 36.4. The molecule has 0 saturated carbocycles. The number of aliphatic hydroxyl groups is 2. The van der Waals surface area contributed by atoms with Gasteiger partial charge in [0.15, 0.2) is 11.2 Å². The van der Waals surface area contributed by atoms with Crippen molar-refractivity contribution in [3.63, 3.8) is 0 Å². The number of hydrogen-bond acceptors (Lipinski definition) is 18. The highest BCUT2D eigenvalue weighted by Gasteiger charge is 2.40. The highest BCUT2D eigenvalue weighted by molar-refractivity contribution is 9.10. The number of alkyl halides is 6. The van der Waals surface area contributed by atoms with E-state index >= 15 is 0 Å². The number of ketones is 1. The topological polar surface area (TPSA) is 335 Å². The number of allylic oxidation sites excluding steroid dienone is 1. The van der Waals surface area contributed by atoms with Gasteiger partial charge < -0.3 is 35.6 Å². The minimum Gasteiger partial charge on any atom is -0.460 e. The lowest BCUT2D eigenvalue weighted by Gasteiger charge is -2.35. The molecule has 0 bridgehead atoms. The van der Waals surface area contributed by atoms with E-state index in [1.54, 1.807) is 59.8 Å². The van der Waals surface area contributed by atoms with E-state index in [0.717, 1.165) is 20.8 Å². The van der Waals surface area contributed by atoms with Crippen molar-refractivity contribution >= 4 is 161 Å². The molecule has 0 aliphatic carbocycles. The van der Waals surface area contributed by atoms with Crippen molar-refractivity contribution in [3.8, 4) is 12.1 Å². The lowest BCUT2D eigenvalue weighted by molar-refractivity contribution is -0.154. The third-order valence-electron chi connectivity index (χ3n) is 15.3. The van der Waals surface area contributed by atoms with Crippen LogP contribution in [0, 0.1) is 51.2 Å². The lowest BCUT2D eigenvalue weighted by Crippen LogP contribution is -2.61. The lowest BCUT2D eigenvalue weighted by atomic mass is 9.79. The number of Topliss-reactive ketones (excluding diaryl/α,β-unsaturated/α-hetero) is 1. The van der Waals surface area contributed by atoms with Crippen molar-refractivity contribution in [2.24, 2.45) is 28.6 Å². The van der Waals surface area contributed by atoms with E-state index in [-0.39, 0.29) is 18.9 Å². The molecule has 2 fully saturated rings. The molecule has 6 rings (SSSR count). The van der Waals surface area contributed by atoms with Gasteiger partial charge in [0.25, 0.3) is 11.8 Å². The number of nitriles is 2. The molecule has 95 heavy (non-hydrogen) atoms. The molecule has 2 unspecified atom stereocenters. The number of hydrogen-bond donors (Lipinski definition) is 7. The maximum absolute atomic E-state index is 13.4. The Balaban J connectivity index is 0.000000346. The maximum Gasteiger partial charge on any atom is 0.325 e. The Hall–Kier alpha value is -6.26. The molecule has 7 N–H and O–H groups in total. The van der Waals surface area contributed by atoms with Crippen molar-refractivity contribution in [2.45, 2.75) is 151 Å². The molecule has 516 valence electrons. The quantitative estimate of drug-likeness (QED) is 0.0218. The number of amides is 5. The first-order chi connectivity index (χ1) is 44.2. The van der Waals surface area contributed by atoms with Gasteiger partial charge in [-0.2, -0.15) is 10.5 Å². The van der Waals surface area contributed by atoms with Crippen molar-refractivity contribution in [2.75, 3.05) is 26.3 Å². The molecule has 4 aromatic rings. The number of aliphatic hydroxyl groups excluding tert-OH is 2. The van der Waals surface area contributed by atoms with Crippen molar-refractivity contribution < 1.29 is 58.0 Å². The fourth-order valence-corrected chi connectivity index (χ4v) is 9.97. The number of esters is 2. The molecule has 10 atom stereocenters. The Morgan fingerprint density at radius 3 is 1.54 bits per heavy atom. The molecule has 2 aromatic heterocycles. The van der Waals surface area contributed by atoms with E-state index in [1.807, 2.05) is 60.7 Å². The van der Waals surface area contributed by atoms with Crippen LogP contribution in [0.15, 0.2) is 83.9 Å². The van der Waals surface area contributed by atoms with Gasteiger partial charge in [-0.3, -0.25) is 58.3 Å². The van der Waals surface area contributed by atoms with Crippen LogP contribution in [-0.2, 0) is 47.8 Å². The number of pyridine rings is 2. The second-order valence-corrected chi connectivity index (χ2v) is 29.9. The number of aromatic nitrogens is 2. The summed E-state index contributed by atoms with van der Waals surface area (Å²) in [5, 5.41) is 50.9. The van der Waals surface area contributed by atoms with E-state index in [9.17, 15) is 59.1 Å². The van der Waals surface area contributed by atoms with Crippen LogP contribution in [0.5, 0.6) is 0 Å². The molecule has 5 amide bonds. The fourth-order valence-electron chi connectivity index (χ4n) is 9.29. The van der Waals surface area contributed by atoms with E-state index < -0.39 is 133 Å².